The monoisotopic (exact) mass is 302 g/mol. The fourth-order valence-electron chi connectivity index (χ4n) is 2.25. The number of ketones is 1. The van der Waals surface area contributed by atoms with Gasteiger partial charge < -0.3 is 4.74 Å². The SMILES string of the molecule is COc1ccc(C(=O)CC(C)c2ccc(C)cc2)cc1Cl. The van der Waals surface area contributed by atoms with E-state index in [1.54, 1.807) is 25.3 Å². The van der Waals surface area contributed by atoms with Crippen molar-refractivity contribution in [2.24, 2.45) is 0 Å². The average molecular weight is 303 g/mol. The van der Waals surface area contributed by atoms with Gasteiger partial charge in [0.15, 0.2) is 5.78 Å². The number of carbonyl (C=O) groups is 1. The van der Waals surface area contributed by atoms with E-state index in [1.807, 2.05) is 0 Å². The molecule has 2 aromatic carbocycles. The molecule has 0 saturated carbocycles. The summed E-state index contributed by atoms with van der Waals surface area (Å²) in [6.45, 7) is 4.12. The zero-order chi connectivity index (χ0) is 15.4. The average Bonchev–Trinajstić information content (AvgIpc) is 2.47. The van der Waals surface area contributed by atoms with Gasteiger partial charge in [-0.25, -0.2) is 0 Å². The highest BCUT2D eigenvalue weighted by atomic mass is 35.5. The maximum atomic E-state index is 12.3. The van der Waals surface area contributed by atoms with Crippen molar-refractivity contribution in [1.82, 2.24) is 0 Å². The number of ether oxygens (including phenoxy) is 1. The molecule has 0 bridgehead atoms. The second-order valence-corrected chi connectivity index (χ2v) is 5.70. The number of rotatable bonds is 5. The summed E-state index contributed by atoms with van der Waals surface area (Å²) >= 11 is 6.07. The van der Waals surface area contributed by atoms with Gasteiger partial charge >= 0.3 is 0 Å². The van der Waals surface area contributed by atoms with Gasteiger partial charge in [-0.1, -0.05) is 48.4 Å². The minimum atomic E-state index is 0.0904. The van der Waals surface area contributed by atoms with Crippen LogP contribution in [-0.4, -0.2) is 12.9 Å². The van der Waals surface area contributed by atoms with Crippen LogP contribution in [0.5, 0.6) is 5.75 Å². The van der Waals surface area contributed by atoms with E-state index in [1.165, 1.54) is 11.1 Å². The van der Waals surface area contributed by atoms with Crippen molar-refractivity contribution in [3.8, 4) is 5.75 Å². The fourth-order valence-corrected chi connectivity index (χ4v) is 2.51. The number of methoxy groups -OCH3 is 1. The normalized spacial score (nSPS) is 12.0. The Kier molecular flexibility index (Phi) is 5.03. The molecule has 0 N–H and O–H groups in total. The molecular formula is C18H19ClO2. The molecule has 3 heteroatoms. The van der Waals surface area contributed by atoms with Crippen LogP contribution < -0.4 is 4.74 Å². The van der Waals surface area contributed by atoms with Crippen molar-refractivity contribution in [2.45, 2.75) is 26.2 Å². The van der Waals surface area contributed by atoms with Crippen molar-refractivity contribution in [1.29, 1.82) is 0 Å². The predicted octanol–water partition coefficient (Wildman–Crippen LogP) is 5.03. The van der Waals surface area contributed by atoms with E-state index in [0.717, 1.165) is 0 Å². The number of hydrogen-bond acceptors (Lipinski definition) is 2. The smallest absolute Gasteiger partial charge is 0.163 e. The van der Waals surface area contributed by atoms with E-state index in [-0.39, 0.29) is 11.7 Å². The lowest BCUT2D eigenvalue weighted by atomic mass is 9.93. The molecule has 1 unspecified atom stereocenters. The molecule has 2 aromatic rings. The molecule has 2 nitrogen and oxygen atoms in total. The Bertz CT molecular complexity index is 632. The molecule has 0 aromatic heterocycles. The van der Waals surface area contributed by atoms with Crippen LogP contribution >= 0.6 is 11.6 Å². The summed E-state index contributed by atoms with van der Waals surface area (Å²) in [6.07, 6.45) is 0.464. The molecular weight excluding hydrogens is 284 g/mol. The van der Waals surface area contributed by atoms with Gasteiger partial charge in [0.25, 0.3) is 0 Å². The first-order valence-corrected chi connectivity index (χ1v) is 7.32. The molecule has 0 aliphatic heterocycles. The maximum absolute atomic E-state index is 12.3. The van der Waals surface area contributed by atoms with Crippen LogP contribution in [0.4, 0.5) is 0 Å². The minimum Gasteiger partial charge on any atom is -0.495 e. The maximum Gasteiger partial charge on any atom is 0.163 e. The Morgan fingerprint density at radius 2 is 1.86 bits per heavy atom. The zero-order valence-corrected chi connectivity index (χ0v) is 13.3. The molecule has 21 heavy (non-hydrogen) atoms. The molecule has 0 radical (unpaired) electrons. The van der Waals surface area contributed by atoms with Crippen LogP contribution in [0.15, 0.2) is 42.5 Å². The molecule has 0 aliphatic rings. The lowest BCUT2D eigenvalue weighted by Crippen LogP contribution is -2.05. The standard InChI is InChI=1S/C18H19ClO2/c1-12-4-6-14(7-5-12)13(2)10-17(20)15-8-9-18(21-3)16(19)11-15/h4-9,11,13H,10H2,1-3H3. The third-order valence-electron chi connectivity index (χ3n) is 3.61. The van der Waals surface area contributed by atoms with E-state index in [9.17, 15) is 4.79 Å². The third-order valence-corrected chi connectivity index (χ3v) is 3.91. The van der Waals surface area contributed by atoms with Gasteiger partial charge in [-0.3, -0.25) is 4.79 Å². The highest BCUT2D eigenvalue weighted by molar-refractivity contribution is 6.32. The van der Waals surface area contributed by atoms with E-state index in [2.05, 4.69) is 38.1 Å². The highest BCUT2D eigenvalue weighted by Crippen LogP contribution is 2.27. The van der Waals surface area contributed by atoms with Crippen LogP contribution in [0.1, 0.15) is 40.7 Å². The topological polar surface area (TPSA) is 26.3 Å². The second-order valence-electron chi connectivity index (χ2n) is 5.29. The molecule has 0 saturated heterocycles. The number of carbonyl (C=O) groups excluding carboxylic acids is 1. The van der Waals surface area contributed by atoms with Crippen molar-refractivity contribution in [2.75, 3.05) is 7.11 Å². The summed E-state index contributed by atoms with van der Waals surface area (Å²) in [5.74, 6) is 0.853. The minimum absolute atomic E-state index is 0.0904. The first-order chi connectivity index (χ1) is 10.0. The number of halogens is 1. The van der Waals surface area contributed by atoms with Crippen molar-refractivity contribution in [3.63, 3.8) is 0 Å². The molecule has 2 rings (SSSR count). The van der Waals surface area contributed by atoms with E-state index >= 15 is 0 Å². The number of hydrogen-bond donors (Lipinski definition) is 0. The quantitative estimate of drug-likeness (QED) is 0.724. The largest absolute Gasteiger partial charge is 0.495 e. The number of benzene rings is 2. The molecule has 0 heterocycles. The Balaban J connectivity index is 2.10. The highest BCUT2D eigenvalue weighted by Gasteiger charge is 2.14. The Hall–Kier alpha value is -1.80. The van der Waals surface area contributed by atoms with Crippen molar-refractivity contribution >= 4 is 17.4 Å². The van der Waals surface area contributed by atoms with E-state index < -0.39 is 0 Å². The summed E-state index contributed by atoms with van der Waals surface area (Å²) in [6, 6.07) is 13.5. The molecule has 1 atom stereocenters. The number of Topliss-reactive ketones (excluding diaryl/α,β-unsaturated/α-hetero) is 1. The number of aryl methyl sites for hydroxylation is 1. The second kappa shape index (κ2) is 6.77. The predicted molar refractivity (Wildman–Crippen MR) is 86.5 cm³/mol. The van der Waals surface area contributed by atoms with Crippen LogP contribution in [0.2, 0.25) is 5.02 Å². The zero-order valence-electron chi connectivity index (χ0n) is 12.5. The first kappa shape index (κ1) is 15.6. The van der Waals surface area contributed by atoms with Crippen LogP contribution in [0, 0.1) is 6.92 Å². The van der Waals surface area contributed by atoms with Crippen LogP contribution in [0.3, 0.4) is 0 Å². The molecule has 0 amide bonds. The Morgan fingerprint density at radius 3 is 2.43 bits per heavy atom. The lowest BCUT2D eigenvalue weighted by Gasteiger charge is -2.12. The Labute approximate surface area is 130 Å². The van der Waals surface area contributed by atoms with Crippen LogP contribution in [-0.2, 0) is 0 Å². The van der Waals surface area contributed by atoms with Gasteiger partial charge in [-0.05, 0) is 36.6 Å². The molecule has 0 aliphatic carbocycles. The fraction of sp³-hybridized carbons (Fsp3) is 0.278. The summed E-state index contributed by atoms with van der Waals surface area (Å²) in [4.78, 5) is 12.3. The summed E-state index contributed by atoms with van der Waals surface area (Å²) in [5.41, 5.74) is 3.02. The molecule has 0 spiro atoms. The lowest BCUT2D eigenvalue weighted by molar-refractivity contribution is 0.0975. The summed E-state index contributed by atoms with van der Waals surface area (Å²) < 4.78 is 5.10. The molecule has 0 fully saturated rings. The molecule has 110 valence electrons. The first-order valence-electron chi connectivity index (χ1n) is 6.94. The third kappa shape index (κ3) is 3.85. The van der Waals surface area contributed by atoms with Gasteiger partial charge in [0.05, 0.1) is 12.1 Å². The van der Waals surface area contributed by atoms with Crippen molar-refractivity contribution in [3.05, 3.63) is 64.2 Å². The van der Waals surface area contributed by atoms with Gasteiger partial charge in [0.2, 0.25) is 0 Å². The van der Waals surface area contributed by atoms with Crippen molar-refractivity contribution < 1.29 is 9.53 Å². The van der Waals surface area contributed by atoms with E-state index in [0.29, 0.717) is 22.8 Å². The summed E-state index contributed by atoms with van der Waals surface area (Å²) in [7, 11) is 1.56. The van der Waals surface area contributed by atoms with Gasteiger partial charge in [-0.15, -0.1) is 0 Å². The van der Waals surface area contributed by atoms with Crippen LogP contribution in [0.25, 0.3) is 0 Å². The van der Waals surface area contributed by atoms with E-state index in [4.69, 9.17) is 16.3 Å². The Morgan fingerprint density at radius 1 is 1.19 bits per heavy atom. The van der Waals surface area contributed by atoms with Gasteiger partial charge in [0, 0.05) is 12.0 Å². The summed E-state index contributed by atoms with van der Waals surface area (Å²) in [5, 5.41) is 0.464. The van der Waals surface area contributed by atoms with Gasteiger partial charge in [-0.2, -0.15) is 0 Å². The van der Waals surface area contributed by atoms with Gasteiger partial charge in [0.1, 0.15) is 5.75 Å².